The SMILES string of the molecule is O=C1CCSc2ccc(C(=O)N3CCN(c4ccc(F)cc4)CC3)cc2N1. The highest BCUT2D eigenvalue weighted by atomic mass is 32.2. The number of halogens is 1. The molecule has 0 atom stereocenters. The molecule has 1 N–H and O–H groups in total. The molecule has 1 saturated heterocycles. The van der Waals surface area contributed by atoms with Crippen LogP contribution >= 0.6 is 11.8 Å². The topological polar surface area (TPSA) is 52.7 Å². The van der Waals surface area contributed by atoms with Crippen molar-refractivity contribution >= 4 is 35.0 Å². The fraction of sp³-hybridized carbons (Fsp3) is 0.300. The fourth-order valence-corrected chi connectivity index (χ4v) is 4.29. The van der Waals surface area contributed by atoms with Gasteiger partial charge in [-0.1, -0.05) is 0 Å². The van der Waals surface area contributed by atoms with Gasteiger partial charge in [-0.2, -0.15) is 0 Å². The molecular weight excluding hydrogens is 365 g/mol. The number of thioether (sulfide) groups is 1. The Morgan fingerprint density at radius 3 is 2.52 bits per heavy atom. The van der Waals surface area contributed by atoms with Crippen molar-refractivity contribution in [2.24, 2.45) is 0 Å². The van der Waals surface area contributed by atoms with Gasteiger partial charge in [-0.3, -0.25) is 9.59 Å². The first-order chi connectivity index (χ1) is 13.1. The lowest BCUT2D eigenvalue weighted by atomic mass is 10.1. The maximum absolute atomic E-state index is 13.1. The molecule has 0 spiro atoms. The van der Waals surface area contributed by atoms with E-state index >= 15 is 0 Å². The van der Waals surface area contributed by atoms with E-state index in [-0.39, 0.29) is 17.6 Å². The zero-order chi connectivity index (χ0) is 18.8. The van der Waals surface area contributed by atoms with E-state index in [1.165, 1.54) is 12.1 Å². The number of carbonyl (C=O) groups is 2. The summed E-state index contributed by atoms with van der Waals surface area (Å²) in [7, 11) is 0. The van der Waals surface area contributed by atoms with Crippen molar-refractivity contribution in [1.29, 1.82) is 0 Å². The van der Waals surface area contributed by atoms with E-state index in [0.717, 1.165) is 22.0 Å². The fourth-order valence-electron chi connectivity index (χ4n) is 3.36. The van der Waals surface area contributed by atoms with Crippen LogP contribution < -0.4 is 10.2 Å². The lowest BCUT2D eigenvalue weighted by molar-refractivity contribution is -0.115. The average Bonchev–Trinajstić information content (AvgIpc) is 2.88. The Kier molecular flexibility index (Phi) is 5.03. The van der Waals surface area contributed by atoms with E-state index in [1.807, 2.05) is 17.0 Å². The third kappa shape index (κ3) is 3.93. The van der Waals surface area contributed by atoms with Gasteiger partial charge in [0.05, 0.1) is 5.69 Å². The Morgan fingerprint density at radius 2 is 1.78 bits per heavy atom. The maximum atomic E-state index is 13.1. The first-order valence-corrected chi connectivity index (χ1v) is 9.95. The van der Waals surface area contributed by atoms with Crippen LogP contribution in [0.25, 0.3) is 0 Å². The number of piperazine rings is 1. The summed E-state index contributed by atoms with van der Waals surface area (Å²) >= 11 is 1.63. The zero-order valence-corrected chi connectivity index (χ0v) is 15.6. The second-order valence-electron chi connectivity index (χ2n) is 6.61. The molecule has 0 aliphatic carbocycles. The Morgan fingerprint density at radius 1 is 1.04 bits per heavy atom. The number of benzene rings is 2. The molecule has 4 rings (SSSR count). The first-order valence-electron chi connectivity index (χ1n) is 8.97. The van der Waals surface area contributed by atoms with Crippen molar-refractivity contribution in [3.05, 3.63) is 53.8 Å². The number of amides is 2. The summed E-state index contributed by atoms with van der Waals surface area (Å²) < 4.78 is 13.1. The van der Waals surface area contributed by atoms with E-state index in [9.17, 15) is 14.0 Å². The molecule has 7 heteroatoms. The molecule has 0 unspecified atom stereocenters. The molecule has 2 amide bonds. The lowest BCUT2D eigenvalue weighted by Crippen LogP contribution is -2.48. The number of hydrogen-bond donors (Lipinski definition) is 1. The van der Waals surface area contributed by atoms with E-state index in [1.54, 1.807) is 30.0 Å². The molecule has 0 bridgehead atoms. The van der Waals surface area contributed by atoms with Crippen molar-refractivity contribution in [2.75, 3.05) is 42.1 Å². The summed E-state index contributed by atoms with van der Waals surface area (Å²) in [6.45, 7) is 2.62. The van der Waals surface area contributed by atoms with Crippen LogP contribution in [0.5, 0.6) is 0 Å². The van der Waals surface area contributed by atoms with Gasteiger partial charge >= 0.3 is 0 Å². The van der Waals surface area contributed by atoms with Crippen molar-refractivity contribution in [2.45, 2.75) is 11.3 Å². The Bertz CT molecular complexity index is 864. The highest BCUT2D eigenvalue weighted by molar-refractivity contribution is 7.99. The molecule has 140 valence electrons. The van der Waals surface area contributed by atoms with Gasteiger partial charge in [0.2, 0.25) is 5.91 Å². The highest BCUT2D eigenvalue weighted by Gasteiger charge is 2.23. The third-order valence-corrected chi connectivity index (χ3v) is 5.92. The van der Waals surface area contributed by atoms with E-state index in [4.69, 9.17) is 0 Å². The summed E-state index contributed by atoms with van der Waals surface area (Å²) in [5.41, 5.74) is 2.28. The molecule has 1 fully saturated rings. The molecule has 2 aromatic rings. The number of fused-ring (bicyclic) bond motifs is 1. The first kappa shape index (κ1) is 17.9. The molecule has 2 aromatic carbocycles. The van der Waals surface area contributed by atoms with Gasteiger partial charge in [-0.05, 0) is 42.5 Å². The van der Waals surface area contributed by atoms with E-state index in [0.29, 0.717) is 38.2 Å². The minimum absolute atomic E-state index is 0.0150. The number of rotatable bonds is 2. The van der Waals surface area contributed by atoms with E-state index in [2.05, 4.69) is 10.2 Å². The van der Waals surface area contributed by atoms with E-state index < -0.39 is 0 Å². The highest BCUT2D eigenvalue weighted by Crippen LogP contribution is 2.32. The zero-order valence-electron chi connectivity index (χ0n) is 14.8. The summed E-state index contributed by atoms with van der Waals surface area (Å²) in [6.07, 6.45) is 0.480. The van der Waals surface area contributed by atoms with Crippen molar-refractivity contribution in [3.63, 3.8) is 0 Å². The molecule has 0 saturated carbocycles. The van der Waals surface area contributed by atoms with Gasteiger partial charge in [0.15, 0.2) is 0 Å². The van der Waals surface area contributed by atoms with Gasteiger partial charge in [-0.25, -0.2) is 4.39 Å². The third-order valence-electron chi connectivity index (χ3n) is 4.85. The minimum atomic E-state index is -0.249. The number of nitrogens with zero attached hydrogens (tertiary/aromatic N) is 2. The van der Waals surface area contributed by atoms with Crippen LogP contribution in [0.1, 0.15) is 16.8 Å². The van der Waals surface area contributed by atoms with Crippen molar-refractivity contribution in [3.8, 4) is 0 Å². The Hall–Kier alpha value is -2.54. The second kappa shape index (κ2) is 7.60. The number of anilines is 2. The van der Waals surface area contributed by atoms with Gasteiger partial charge in [0.25, 0.3) is 5.91 Å². The van der Waals surface area contributed by atoms with Crippen LogP contribution in [0.2, 0.25) is 0 Å². The molecule has 5 nitrogen and oxygen atoms in total. The average molecular weight is 385 g/mol. The summed E-state index contributed by atoms with van der Waals surface area (Å²) in [5.74, 6) is 0.456. The Balaban J connectivity index is 1.43. The van der Waals surface area contributed by atoms with Crippen LogP contribution in [0, 0.1) is 5.82 Å². The molecular formula is C20H20FN3O2S. The van der Waals surface area contributed by atoms with Crippen LogP contribution in [0.15, 0.2) is 47.4 Å². The molecule has 2 heterocycles. The predicted octanol–water partition coefficient (Wildman–Crippen LogP) is 3.22. The predicted molar refractivity (Wildman–Crippen MR) is 105 cm³/mol. The normalized spacial score (nSPS) is 17.1. The van der Waals surface area contributed by atoms with Crippen molar-refractivity contribution < 1.29 is 14.0 Å². The number of carbonyl (C=O) groups excluding carboxylic acids is 2. The van der Waals surface area contributed by atoms with Crippen LogP contribution in [0.3, 0.4) is 0 Å². The standard InChI is InChI=1S/C20H20FN3O2S/c21-15-2-4-16(5-3-15)23-8-10-24(11-9-23)20(26)14-1-6-18-17(13-14)22-19(25)7-12-27-18/h1-6,13H,7-12H2,(H,22,25). The molecule has 0 aromatic heterocycles. The lowest BCUT2D eigenvalue weighted by Gasteiger charge is -2.36. The summed E-state index contributed by atoms with van der Waals surface area (Å²) in [6, 6.07) is 12.0. The number of nitrogens with one attached hydrogen (secondary N) is 1. The Labute approximate surface area is 161 Å². The van der Waals surface area contributed by atoms with Gasteiger partial charge in [-0.15, -0.1) is 11.8 Å². The molecule has 2 aliphatic heterocycles. The molecule has 27 heavy (non-hydrogen) atoms. The maximum Gasteiger partial charge on any atom is 0.254 e. The van der Waals surface area contributed by atoms with Crippen LogP contribution in [0.4, 0.5) is 15.8 Å². The van der Waals surface area contributed by atoms with Gasteiger partial charge in [0.1, 0.15) is 5.82 Å². The van der Waals surface area contributed by atoms with Gasteiger partial charge < -0.3 is 15.1 Å². The van der Waals surface area contributed by atoms with Crippen LogP contribution in [-0.4, -0.2) is 48.6 Å². The van der Waals surface area contributed by atoms with Crippen molar-refractivity contribution in [1.82, 2.24) is 4.90 Å². The molecule has 2 aliphatic rings. The quantitative estimate of drug-likeness (QED) is 0.863. The minimum Gasteiger partial charge on any atom is -0.368 e. The second-order valence-corrected chi connectivity index (χ2v) is 7.75. The summed E-state index contributed by atoms with van der Waals surface area (Å²) in [5, 5.41) is 2.88. The number of hydrogen-bond acceptors (Lipinski definition) is 4. The smallest absolute Gasteiger partial charge is 0.254 e. The largest absolute Gasteiger partial charge is 0.368 e. The monoisotopic (exact) mass is 385 g/mol. The van der Waals surface area contributed by atoms with Gasteiger partial charge in [0, 0.05) is 54.5 Å². The summed E-state index contributed by atoms with van der Waals surface area (Å²) in [4.78, 5) is 29.6. The van der Waals surface area contributed by atoms with Crippen LogP contribution in [-0.2, 0) is 4.79 Å². The molecule has 0 radical (unpaired) electrons.